The summed E-state index contributed by atoms with van der Waals surface area (Å²) in [7, 11) is 0.111. The maximum Gasteiger partial charge on any atom is 2.00 e. The van der Waals surface area contributed by atoms with Crippen LogP contribution in [0.15, 0.2) is 0 Å². The molecule has 0 atom stereocenters. The van der Waals surface area contributed by atoms with E-state index in [9.17, 15) is 0 Å². The molecule has 0 heterocycles. The third kappa shape index (κ3) is 24.6. The SMILES string of the molecule is [Ba+2].[O-][SiH3].[O-][SiH3]. The second-order valence-electron chi connectivity index (χ2n) is 0. The minimum Gasteiger partial charge on any atom is -0.865 e. The molecule has 0 rings (SSSR count). The Morgan fingerprint density at radius 2 is 0.800 bits per heavy atom. The molecule has 0 fully saturated rings. The minimum absolute atomic E-state index is 0. The molecule has 0 aromatic heterocycles. The van der Waals surface area contributed by atoms with E-state index in [2.05, 4.69) is 0 Å². The van der Waals surface area contributed by atoms with Crippen LogP contribution in [0.4, 0.5) is 0 Å². The summed E-state index contributed by atoms with van der Waals surface area (Å²) in [6.07, 6.45) is 0. The Bertz CT molecular complexity index is 7.61. The summed E-state index contributed by atoms with van der Waals surface area (Å²) in [6.45, 7) is 0. The normalized spacial score (nSPS) is 3.60. The predicted molar refractivity (Wildman–Crippen MR) is 25.6 cm³/mol. The van der Waals surface area contributed by atoms with E-state index in [1.165, 1.54) is 0 Å². The molecule has 0 aromatic rings. The second-order valence-corrected chi connectivity index (χ2v) is 0. The quantitative estimate of drug-likeness (QED) is 0.392. The molecule has 0 spiro atoms. The van der Waals surface area contributed by atoms with Gasteiger partial charge >= 0.3 is 48.9 Å². The van der Waals surface area contributed by atoms with Crippen molar-refractivity contribution in [3.8, 4) is 0 Å². The predicted octanol–water partition coefficient (Wildman–Crippen LogP) is -5.13. The van der Waals surface area contributed by atoms with Crippen LogP contribution in [0.1, 0.15) is 0 Å². The van der Waals surface area contributed by atoms with E-state index >= 15 is 0 Å². The Morgan fingerprint density at radius 3 is 0.800 bits per heavy atom. The molecule has 0 amide bonds. The van der Waals surface area contributed by atoms with Crippen molar-refractivity contribution in [2.24, 2.45) is 0 Å². The fraction of sp³-hybridized carbons (Fsp3) is 0. The van der Waals surface area contributed by atoms with Crippen LogP contribution in [0.5, 0.6) is 0 Å². The van der Waals surface area contributed by atoms with E-state index in [0.717, 1.165) is 0 Å². The molecule has 0 aliphatic heterocycles. The molecule has 0 unspecified atom stereocenters. The van der Waals surface area contributed by atoms with Gasteiger partial charge in [-0.3, -0.25) is 0 Å². The first-order valence-electron chi connectivity index (χ1n) is 0.816. The molecule has 0 aliphatic rings. The third-order valence-electron chi connectivity index (χ3n) is 0. The molecule has 28 valence electrons. The first-order chi connectivity index (χ1) is 2.00. The largest absolute Gasteiger partial charge is 2.00 e. The van der Waals surface area contributed by atoms with Crippen LogP contribution in [0.3, 0.4) is 0 Å². The second kappa shape index (κ2) is 38.8. The van der Waals surface area contributed by atoms with Crippen LogP contribution in [-0.2, 0) is 0 Å². The molecule has 2 nitrogen and oxygen atoms in total. The van der Waals surface area contributed by atoms with Gasteiger partial charge in [0.2, 0.25) is 0 Å². The molecule has 5 heavy (non-hydrogen) atoms. The Balaban J connectivity index is -0.0000000133. The molecular formula is H6BaO2Si2. The summed E-state index contributed by atoms with van der Waals surface area (Å²) in [5.74, 6) is 0. The average Bonchev–Trinajstić information content (AvgIpc) is 1.50. The maximum atomic E-state index is 8.39. The van der Waals surface area contributed by atoms with Crippen LogP contribution < -0.4 is 9.59 Å². The van der Waals surface area contributed by atoms with Crippen LogP contribution in [-0.4, -0.2) is 69.9 Å². The number of rotatable bonds is 0. The van der Waals surface area contributed by atoms with E-state index in [4.69, 9.17) is 9.59 Å². The van der Waals surface area contributed by atoms with Gasteiger partial charge in [0, 0.05) is 0 Å². The minimum atomic E-state index is 0. The van der Waals surface area contributed by atoms with E-state index < -0.39 is 0 Å². The van der Waals surface area contributed by atoms with Crippen molar-refractivity contribution >= 4 is 69.9 Å². The molecular weight excluding hydrogens is 225 g/mol. The molecule has 0 bridgehead atoms. The van der Waals surface area contributed by atoms with Crippen molar-refractivity contribution in [3.63, 3.8) is 0 Å². The topological polar surface area (TPSA) is 46.1 Å². The Morgan fingerprint density at radius 1 is 0.800 bits per heavy atom. The maximum absolute atomic E-state index is 8.39. The van der Waals surface area contributed by atoms with Crippen molar-refractivity contribution in [3.05, 3.63) is 0 Å². The smallest absolute Gasteiger partial charge is 0.865 e. The van der Waals surface area contributed by atoms with Crippen LogP contribution in [0, 0.1) is 0 Å². The van der Waals surface area contributed by atoms with E-state index in [1.807, 2.05) is 0 Å². The zero-order chi connectivity index (χ0) is 4.00. The van der Waals surface area contributed by atoms with Gasteiger partial charge in [-0.05, 0) is 0 Å². The first-order valence-corrected chi connectivity index (χ1v) is 2.45. The summed E-state index contributed by atoms with van der Waals surface area (Å²) in [4.78, 5) is 16.8. The summed E-state index contributed by atoms with van der Waals surface area (Å²) < 4.78 is 0. The Labute approximate surface area is 78.1 Å². The van der Waals surface area contributed by atoms with Crippen molar-refractivity contribution in [2.75, 3.05) is 0 Å². The molecule has 0 radical (unpaired) electrons. The van der Waals surface area contributed by atoms with E-state index in [0.29, 0.717) is 0 Å². The van der Waals surface area contributed by atoms with Crippen LogP contribution in [0.2, 0.25) is 0 Å². The first kappa shape index (κ1) is 15.8. The molecule has 5 heteroatoms. The van der Waals surface area contributed by atoms with Gasteiger partial charge in [-0.1, -0.05) is 21.0 Å². The van der Waals surface area contributed by atoms with E-state index in [-0.39, 0.29) is 69.9 Å². The van der Waals surface area contributed by atoms with Crippen molar-refractivity contribution in [1.29, 1.82) is 0 Å². The van der Waals surface area contributed by atoms with Gasteiger partial charge in [-0.2, -0.15) is 0 Å². The monoisotopic (exact) mass is 232 g/mol. The van der Waals surface area contributed by atoms with Crippen LogP contribution >= 0.6 is 0 Å². The molecule has 0 aromatic carbocycles. The van der Waals surface area contributed by atoms with Crippen molar-refractivity contribution in [2.45, 2.75) is 0 Å². The molecule has 0 aliphatic carbocycles. The van der Waals surface area contributed by atoms with Gasteiger partial charge < -0.3 is 9.59 Å². The number of hydrogen-bond donors (Lipinski definition) is 0. The third-order valence-corrected chi connectivity index (χ3v) is 0. The summed E-state index contributed by atoms with van der Waals surface area (Å²) in [5, 5.41) is 0. The molecule has 0 saturated carbocycles. The summed E-state index contributed by atoms with van der Waals surface area (Å²) >= 11 is 0. The van der Waals surface area contributed by atoms with Gasteiger partial charge in [0.25, 0.3) is 0 Å². The summed E-state index contributed by atoms with van der Waals surface area (Å²) in [6, 6.07) is 0. The fourth-order valence-electron chi connectivity index (χ4n) is 0. The van der Waals surface area contributed by atoms with Gasteiger partial charge in [0.05, 0.1) is 0 Å². The van der Waals surface area contributed by atoms with E-state index in [1.54, 1.807) is 0 Å². The van der Waals surface area contributed by atoms with Gasteiger partial charge in [0.1, 0.15) is 0 Å². The Hall–Kier alpha value is 1.93. The fourth-order valence-corrected chi connectivity index (χ4v) is 0. The molecule has 0 N–H and O–H groups in total. The Kier molecular flexibility index (Phi) is 122. The van der Waals surface area contributed by atoms with Crippen LogP contribution in [0.25, 0.3) is 0 Å². The molecule has 0 saturated heterocycles. The van der Waals surface area contributed by atoms with Gasteiger partial charge in [-0.25, -0.2) is 0 Å². The van der Waals surface area contributed by atoms with Gasteiger partial charge in [-0.15, -0.1) is 0 Å². The summed E-state index contributed by atoms with van der Waals surface area (Å²) in [5.41, 5.74) is 0. The van der Waals surface area contributed by atoms with Crippen molar-refractivity contribution in [1.82, 2.24) is 0 Å². The zero-order valence-electron chi connectivity index (χ0n) is 3.52. The zero-order valence-corrected chi connectivity index (χ0v) is 12.0. The van der Waals surface area contributed by atoms with Crippen molar-refractivity contribution < 1.29 is 9.59 Å². The average molecular weight is 232 g/mol. The van der Waals surface area contributed by atoms with Gasteiger partial charge in [0.15, 0.2) is 0 Å². The number of hydrogen-bond acceptors (Lipinski definition) is 2. The standard InChI is InChI=1S/Ba.2H3OSi/c;2*1-2/h;2*2H3/q+2;2*-1.